The first-order chi connectivity index (χ1) is 15.9. The molecule has 186 valence electrons. The first kappa shape index (κ1) is 27.2. The predicted octanol–water partition coefficient (Wildman–Crippen LogP) is 5.75. The van der Waals surface area contributed by atoms with E-state index in [0.717, 1.165) is 33.8 Å². The van der Waals surface area contributed by atoms with Crippen LogP contribution in [0.1, 0.15) is 69.2 Å². The molecule has 0 saturated heterocycles. The maximum absolute atomic E-state index is 12.9. The van der Waals surface area contributed by atoms with Gasteiger partial charge in [-0.1, -0.05) is 19.1 Å². The third-order valence-electron chi connectivity index (χ3n) is 5.69. The van der Waals surface area contributed by atoms with Crippen LogP contribution in [0, 0.1) is 19.8 Å². The summed E-state index contributed by atoms with van der Waals surface area (Å²) in [6.07, 6.45) is -0.510. The molecule has 34 heavy (non-hydrogen) atoms. The highest BCUT2D eigenvalue weighted by molar-refractivity contribution is 5.80. The van der Waals surface area contributed by atoms with Crippen LogP contribution in [0.3, 0.4) is 0 Å². The predicted molar refractivity (Wildman–Crippen MR) is 132 cm³/mol. The van der Waals surface area contributed by atoms with Crippen LogP contribution in [0.5, 0.6) is 11.5 Å². The highest BCUT2D eigenvalue weighted by Crippen LogP contribution is 2.36. The minimum absolute atomic E-state index is 0.0311. The molecule has 2 aromatic rings. The van der Waals surface area contributed by atoms with Gasteiger partial charge in [0.2, 0.25) is 0 Å². The molecule has 6 nitrogen and oxygen atoms in total. The fourth-order valence-corrected chi connectivity index (χ4v) is 4.01. The van der Waals surface area contributed by atoms with Gasteiger partial charge in [-0.15, -0.1) is 0 Å². The van der Waals surface area contributed by atoms with Crippen LogP contribution in [-0.2, 0) is 19.1 Å². The molecule has 0 radical (unpaired) electrons. The van der Waals surface area contributed by atoms with Gasteiger partial charge in [0.25, 0.3) is 0 Å². The van der Waals surface area contributed by atoms with Gasteiger partial charge >= 0.3 is 11.9 Å². The number of hydrogen-bond acceptors (Lipinski definition) is 6. The highest BCUT2D eigenvalue weighted by Gasteiger charge is 2.30. The average Bonchev–Trinajstić information content (AvgIpc) is 2.74. The average molecular weight is 471 g/mol. The second kappa shape index (κ2) is 11.4. The van der Waals surface area contributed by atoms with Crippen molar-refractivity contribution in [2.24, 2.45) is 5.92 Å². The molecule has 0 aliphatic heterocycles. The highest BCUT2D eigenvalue weighted by atomic mass is 16.6. The van der Waals surface area contributed by atoms with Crippen LogP contribution in [0.25, 0.3) is 0 Å². The Kier molecular flexibility index (Phi) is 9.14. The summed E-state index contributed by atoms with van der Waals surface area (Å²) < 4.78 is 22.0. The Morgan fingerprint density at radius 1 is 0.853 bits per heavy atom. The summed E-state index contributed by atoms with van der Waals surface area (Å²) in [4.78, 5) is 25.1. The summed E-state index contributed by atoms with van der Waals surface area (Å²) in [5.41, 5.74) is 3.54. The van der Waals surface area contributed by atoms with Crippen molar-refractivity contribution < 1.29 is 28.5 Å². The van der Waals surface area contributed by atoms with Crippen LogP contribution in [0.2, 0.25) is 0 Å². The molecule has 0 aliphatic rings. The minimum Gasteiger partial charge on any atom is -0.497 e. The maximum Gasteiger partial charge on any atom is 0.309 e. The first-order valence-electron chi connectivity index (χ1n) is 11.6. The van der Waals surface area contributed by atoms with E-state index in [4.69, 9.17) is 18.9 Å². The van der Waals surface area contributed by atoms with Crippen molar-refractivity contribution in [3.63, 3.8) is 0 Å². The van der Waals surface area contributed by atoms with Gasteiger partial charge in [-0.05, 0) is 88.1 Å². The number of aryl methyl sites for hydroxylation is 2. The smallest absolute Gasteiger partial charge is 0.309 e. The van der Waals surface area contributed by atoms with Gasteiger partial charge < -0.3 is 18.9 Å². The van der Waals surface area contributed by atoms with Crippen molar-refractivity contribution >= 4 is 11.9 Å². The summed E-state index contributed by atoms with van der Waals surface area (Å²) in [6.45, 7) is 13.0. The van der Waals surface area contributed by atoms with Crippen molar-refractivity contribution in [2.75, 3.05) is 14.2 Å². The standard InChI is InChI=1S/C28H38O6/c1-17-14-21(31-8)10-12-23(17)26(24-13-11-22(32-9)15-18(24)2)20(4)33-27(30)19(3)16-25(29)34-28(5,6)7/h10-15,19-20,26H,16H2,1-9H3/t19-,20+/m1/s1. The normalized spacial score (nSPS) is 13.2. The van der Waals surface area contributed by atoms with E-state index in [2.05, 4.69) is 0 Å². The zero-order valence-electron chi connectivity index (χ0n) is 21.9. The molecule has 0 spiro atoms. The van der Waals surface area contributed by atoms with Gasteiger partial charge in [-0.3, -0.25) is 9.59 Å². The Hall–Kier alpha value is -3.02. The number of esters is 2. The van der Waals surface area contributed by atoms with Gasteiger partial charge in [0.05, 0.1) is 26.6 Å². The van der Waals surface area contributed by atoms with E-state index in [0.29, 0.717) is 0 Å². The van der Waals surface area contributed by atoms with Crippen molar-refractivity contribution in [1.82, 2.24) is 0 Å². The Morgan fingerprint density at radius 2 is 1.32 bits per heavy atom. The first-order valence-corrected chi connectivity index (χ1v) is 11.6. The summed E-state index contributed by atoms with van der Waals surface area (Å²) >= 11 is 0. The van der Waals surface area contributed by atoms with Crippen molar-refractivity contribution in [3.05, 3.63) is 58.7 Å². The maximum atomic E-state index is 12.9. The Balaban J connectivity index is 2.34. The van der Waals surface area contributed by atoms with E-state index in [1.807, 2.05) is 57.2 Å². The molecule has 0 aromatic heterocycles. The van der Waals surface area contributed by atoms with E-state index in [-0.39, 0.29) is 12.3 Å². The molecule has 0 saturated carbocycles. The molecule has 2 rings (SSSR count). The van der Waals surface area contributed by atoms with E-state index < -0.39 is 29.6 Å². The minimum atomic E-state index is -0.619. The lowest BCUT2D eigenvalue weighted by molar-refractivity contribution is -0.163. The van der Waals surface area contributed by atoms with E-state index in [9.17, 15) is 9.59 Å². The summed E-state index contributed by atoms with van der Waals surface area (Å²) in [7, 11) is 3.27. The molecular formula is C28H38O6. The lowest BCUT2D eigenvalue weighted by Gasteiger charge is -2.29. The number of carbonyl (C=O) groups excluding carboxylic acids is 2. The molecule has 0 unspecified atom stereocenters. The van der Waals surface area contributed by atoms with Crippen LogP contribution in [0.4, 0.5) is 0 Å². The lowest BCUT2D eigenvalue weighted by Crippen LogP contribution is -2.30. The zero-order chi connectivity index (χ0) is 25.6. The monoisotopic (exact) mass is 470 g/mol. The van der Waals surface area contributed by atoms with Gasteiger partial charge in [0.1, 0.15) is 23.2 Å². The second-order valence-corrected chi connectivity index (χ2v) is 9.76. The molecule has 0 amide bonds. The van der Waals surface area contributed by atoms with Crippen LogP contribution in [-0.4, -0.2) is 37.9 Å². The molecule has 0 N–H and O–H groups in total. The van der Waals surface area contributed by atoms with Gasteiger partial charge in [0, 0.05) is 5.92 Å². The zero-order valence-corrected chi connectivity index (χ0v) is 21.9. The summed E-state index contributed by atoms with van der Waals surface area (Å²) in [5.74, 6) is -0.149. The van der Waals surface area contributed by atoms with Crippen molar-refractivity contribution in [3.8, 4) is 11.5 Å². The van der Waals surface area contributed by atoms with E-state index in [1.165, 1.54) is 0 Å². The SMILES string of the molecule is COc1ccc(C(c2ccc(OC)cc2C)[C@H](C)OC(=O)[C@H](C)CC(=O)OC(C)(C)C)c(C)c1. The van der Waals surface area contributed by atoms with E-state index in [1.54, 1.807) is 41.9 Å². The molecular weight excluding hydrogens is 432 g/mol. The van der Waals surface area contributed by atoms with Gasteiger partial charge in [-0.25, -0.2) is 0 Å². The molecule has 2 aromatic carbocycles. The molecule has 0 bridgehead atoms. The number of benzene rings is 2. The van der Waals surface area contributed by atoms with E-state index >= 15 is 0 Å². The number of carbonyl (C=O) groups is 2. The Morgan fingerprint density at radius 3 is 1.71 bits per heavy atom. The number of hydrogen-bond donors (Lipinski definition) is 0. The molecule has 6 heteroatoms. The molecule has 0 aliphatic carbocycles. The third-order valence-corrected chi connectivity index (χ3v) is 5.69. The molecule has 2 atom stereocenters. The van der Waals surface area contributed by atoms with Gasteiger partial charge in [0.15, 0.2) is 0 Å². The Bertz CT molecular complexity index is 951. The molecule has 0 fully saturated rings. The van der Waals surface area contributed by atoms with Crippen LogP contribution in [0.15, 0.2) is 36.4 Å². The van der Waals surface area contributed by atoms with Crippen molar-refractivity contribution in [2.45, 2.75) is 72.5 Å². The number of rotatable bonds is 9. The third kappa shape index (κ3) is 7.24. The summed E-state index contributed by atoms with van der Waals surface area (Å²) in [6, 6.07) is 11.8. The van der Waals surface area contributed by atoms with Crippen LogP contribution >= 0.6 is 0 Å². The number of ether oxygens (including phenoxy) is 4. The van der Waals surface area contributed by atoms with Crippen molar-refractivity contribution in [1.29, 1.82) is 0 Å². The Labute approximate surface area is 203 Å². The second-order valence-electron chi connectivity index (χ2n) is 9.76. The fraction of sp³-hybridized carbons (Fsp3) is 0.500. The summed E-state index contributed by atoms with van der Waals surface area (Å²) in [5, 5.41) is 0. The fourth-order valence-electron chi connectivity index (χ4n) is 4.01. The molecule has 0 heterocycles. The van der Waals surface area contributed by atoms with Gasteiger partial charge in [-0.2, -0.15) is 0 Å². The lowest BCUT2D eigenvalue weighted by atomic mass is 9.82. The quantitative estimate of drug-likeness (QED) is 0.435. The number of methoxy groups -OCH3 is 2. The topological polar surface area (TPSA) is 71.1 Å². The van der Waals surface area contributed by atoms with Crippen LogP contribution < -0.4 is 9.47 Å². The largest absolute Gasteiger partial charge is 0.497 e.